The Bertz CT molecular complexity index is 838. The summed E-state index contributed by atoms with van der Waals surface area (Å²) in [4.78, 5) is 25.4. The maximum Gasteiger partial charge on any atom is 0.223 e. The number of amides is 1. The Kier molecular flexibility index (Phi) is 8.52. The second-order valence-corrected chi connectivity index (χ2v) is 7.99. The maximum absolute atomic E-state index is 14.1. The number of hydrogen-bond donors (Lipinski definition) is 0. The Morgan fingerprint density at radius 3 is 2.31 bits per heavy atom. The predicted octanol–water partition coefficient (Wildman–Crippen LogP) is 3.62. The lowest BCUT2D eigenvalue weighted by Gasteiger charge is -2.25. The highest BCUT2D eigenvalue weighted by Gasteiger charge is 2.18. The molecular weight excluding hydrogens is 394 g/mol. The van der Waals surface area contributed by atoms with Crippen LogP contribution in [0.15, 0.2) is 23.4 Å². The van der Waals surface area contributed by atoms with Gasteiger partial charge < -0.3 is 9.80 Å². The minimum absolute atomic E-state index is 0.0803. The number of halogens is 2. The summed E-state index contributed by atoms with van der Waals surface area (Å²) < 4.78 is 27.3. The van der Waals surface area contributed by atoms with Gasteiger partial charge in [-0.2, -0.15) is 0 Å². The van der Waals surface area contributed by atoms with Crippen LogP contribution in [0, 0.1) is 25.5 Å². The van der Waals surface area contributed by atoms with Crippen molar-refractivity contribution in [2.75, 3.05) is 33.4 Å². The number of nitrogens with zero attached hydrogens (tertiary/aromatic N) is 4. The predicted molar refractivity (Wildman–Crippen MR) is 112 cm³/mol. The molecule has 1 aromatic heterocycles. The van der Waals surface area contributed by atoms with Crippen molar-refractivity contribution in [3.63, 3.8) is 0 Å². The Hall–Kier alpha value is -2.06. The Morgan fingerprint density at radius 1 is 1.10 bits per heavy atom. The van der Waals surface area contributed by atoms with Gasteiger partial charge in [-0.25, -0.2) is 18.7 Å². The molecule has 8 heteroatoms. The van der Waals surface area contributed by atoms with E-state index >= 15 is 0 Å². The third-order valence-electron chi connectivity index (χ3n) is 4.72. The Morgan fingerprint density at radius 2 is 1.76 bits per heavy atom. The van der Waals surface area contributed by atoms with Crippen LogP contribution < -0.4 is 0 Å². The van der Waals surface area contributed by atoms with E-state index in [1.165, 1.54) is 23.9 Å². The molecule has 0 radical (unpaired) electrons. The number of rotatable bonds is 9. The summed E-state index contributed by atoms with van der Waals surface area (Å²) in [5, 5.41) is 0.717. The first-order valence-corrected chi connectivity index (χ1v) is 10.7. The summed E-state index contributed by atoms with van der Waals surface area (Å²) in [6.07, 6.45) is 2.73. The maximum atomic E-state index is 14.1. The first kappa shape index (κ1) is 23.2. The molecule has 0 aliphatic rings. The van der Waals surface area contributed by atoms with Crippen molar-refractivity contribution in [2.45, 2.75) is 38.4 Å². The number of aryl methyl sites for hydroxylation is 2. The van der Waals surface area contributed by atoms with Crippen molar-refractivity contribution in [3.05, 3.63) is 52.3 Å². The van der Waals surface area contributed by atoms with Crippen LogP contribution in [0.2, 0.25) is 0 Å². The average Bonchev–Trinajstić information content (AvgIpc) is 2.65. The van der Waals surface area contributed by atoms with Gasteiger partial charge in [0.15, 0.2) is 5.16 Å². The highest BCUT2D eigenvalue weighted by Crippen LogP contribution is 2.18. The van der Waals surface area contributed by atoms with Crippen LogP contribution in [0.3, 0.4) is 0 Å². The number of likely N-dealkylation sites (N-methyl/N-ethyl adjacent to an activating group) is 1. The number of aromatic nitrogens is 2. The quantitative estimate of drug-likeness (QED) is 0.456. The van der Waals surface area contributed by atoms with Gasteiger partial charge in [0, 0.05) is 49.1 Å². The van der Waals surface area contributed by atoms with Crippen molar-refractivity contribution in [2.24, 2.45) is 0 Å². The summed E-state index contributed by atoms with van der Waals surface area (Å²) in [5.74, 6) is -1.35. The van der Waals surface area contributed by atoms with Gasteiger partial charge in [-0.05, 0) is 52.2 Å². The van der Waals surface area contributed by atoms with E-state index in [0.29, 0.717) is 25.1 Å². The third kappa shape index (κ3) is 6.75. The fourth-order valence-corrected chi connectivity index (χ4v) is 3.48. The average molecular weight is 423 g/mol. The lowest BCUT2D eigenvalue weighted by atomic mass is 10.1. The zero-order valence-electron chi connectivity index (χ0n) is 17.6. The van der Waals surface area contributed by atoms with Gasteiger partial charge in [-0.15, -0.1) is 0 Å². The molecule has 5 nitrogen and oxygen atoms in total. The molecule has 0 atom stereocenters. The van der Waals surface area contributed by atoms with Crippen molar-refractivity contribution in [1.82, 2.24) is 19.8 Å². The van der Waals surface area contributed by atoms with E-state index in [4.69, 9.17) is 0 Å². The molecule has 0 N–H and O–H groups in total. The smallest absolute Gasteiger partial charge is 0.223 e. The molecular formula is C21H28F2N4OS. The van der Waals surface area contributed by atoms with Crippen LogP contribution >= 0.6 is 11.8 Å². The largest absolute Gasteiger partial charge is 0.337 e. The highest BCUT2D eigenvalue weighted by atomic mass is 32.2. The van der Waals surface area contributed by atoms with E-state index in [-0.39, 0.29) is 18.9 Å². The van der Waals surface area contributed by atoms with Gasteiger partial charge in [-0.3, -0.25) is 4.79 Å². The molecule has 0 aliphatic heterocycles. The molecule has 1 aromatic carbocycles. The minimum Gasteiger partial charge on any atom is -0.337 e. The van der Waals surface area contributed by atoms with Gasteiger partial charge in [0.05, 0.1) is 0 Å². The summed E-state index contributed by atoms with van der Waals surface area (Å²) >= 11 is 1.48. The van der Waals surface area contributed by atoms with E-state index in [1.807, 2.05) is 39.1 Å². The number of hydrogen-bond acceptors (Lipinski definition) is 5. The molecule has 0 spiro atoms. The van der Waals surface area contributed by atoms with E-state index in [0.717, 1.165) is 28.2 Å². The van der Waals surface area contributed by atoms with Gasteiger partial charge >= 0.3 is 0 Å². The van der Waals surface area contributed by atoms with Crippen LogP contribution in [0.25, 0.3) is 0 Å². The topological polar surface area (TPSA) is 49.3 Å². The molecule has 1 amide bonds. The second-order valence-electron chi connectivity index (χ2n) is 7.21. The van der Waals surface area contributed by atoms with Crippen LogP contribution in [0.4, 0.5) is 8.78 Å². The zero-order valence-corrected chi connectivity index (χ0v) is 18.4. The van der Waals surface area contributed by atoms with Gasteiger partial charge in [0.1, 0.15) is 11.6 Å². The fraction of sp³-hybridized carbons (Fsp3) is 0.476. The first-order chi connectivity index (χ1) is 13.7. The van der Waals surface area contributed by atoms with Gasteiger partial charge in [-0.1, -0.05) is 17.8 Å². The van der Waals surface area contributed by atoms with E-state index in [9.17, 15) is 13.6 Å². The van der Waals surface area contributed by atoms with E-state index < -0.39 is 11.6 Å². The Balaban J connectivity index is 2.13. The standard InChI is InChI=1S/C21H28F2N4OS/c1-14-18(15(2)25-21(24-14)29-5)8-9-20(28)27(11-10-26(3)4)13-16-6-7-17(22)12-19(16)23/h6-7,12H,8-11,13H2,1-5H3. The lowest BCUT2D eigenvalue weighted by molar-refractivity contribution is -0.132. The summed E-state index contributed by atoms with van der Waals surface area (Å²) in [6.45, 7) is 5.07. The van der Waals surface area contributed by atoms with E-state index in [1.54, 1.807) is 4.90 Å². The van der Waals surface area contributed by atoms with Gasteiger partial charge in [0.25, 0.3) is 0 Å². The number of thioether (sulfide) groups is 1. The normalized spacial score (nSPS) is 11.2. The Labute approximate surface area is 175 Å². The van der Waals surface area contributed by atoms with Crippen molar-refractivity contribution < 1.29 is 13.6 Å². The molecule has 0 unspecified atom stereocenters. The second kappa shape index (κ2) is 10.6. The molecule has 2 aromatic rings. The summed E-state index contributed by atoms with van der Waals surface area (Å²) in [6, 6.07) is 3.45. The lowest BCUT2D eigenvalue weighted by Crippen LogP contribution is -2.36. The highest BCUT2D eigenvalue weighted by molar-refractivity contribution is 7.98. The zero-order chi connectivity index (χ0) is 21.6. The molecule has 0 aliphatic carbocycles. The van der Waals surface area contributed by atoms with Crippen LogP contribution in [-0.4, -0.2) is 59.1 Å². The molecule has 0 saturated heterocycles. The SMILES string of the molecule is CSc1nc(C)c(CCC(=O)N(CCN(C)C)Cc2ccc(F)cc2F)c(C)n1. The number of benzene rings is 1. The number of carbonyl (C=O) groups excluding carboxylic acids is 1. The molecule has 0 bridgehead atoms. The first-order valence-electron chi connectivity index (χ1n) is 9.45. The van der Waals surface area contributed by atoms with Crippen molar-refractivity contribution in [1.29, 1.82) is 0 Å². The van der Waals surface area contributed by atoms with Crippen molar-refractivity contribution >= 4 is 17.7 Å². The molecule has 0 saturated carbocycles. The molecule has 158 valence electrons. The van der Waals surface area contributed by atoms with Crippen molar-refractivity contribution in [3.8, 4) is 0 Å². The van der Waals surface area contributed by atoms with Crippen LogP contribution in [-0.2, 0) is 17.8 Å². The molecule has 29 heavy (non-hydrogen) atoms. The molecule has 2 rings (SSSR count). The molecule has 0 fully saturated rings. The minimum atomic E-state index is -0.639. The van der Waals surface area contributed by atoms with Crippen LogP contribution in [0.1, 0.15) is 28.9 Å². The van der Waals surface area contributed by atoms with Crippen LogP contribution in [0.5, 0.6) is 0 Å². The monoisotopic (exact) mass is 422 g/mol. The molecule has 1 heterocycles. The fourth-order valence-electron chi connectivity index (χ4n) is 3.02. The summed E-state index contributed by atoms with van der Waals surface area (Å²) in [5.41, 5.74) is 3.02. The number of carbonyl (C=O) groups is 1. The third-order valence-corrected chi connectivity index (χ3v) is 5.27. The van der Waals surface area contributed by atoms with Gasteiger partial charge in [0.2, 0.25) is 5.91 Å². The summed E-state index contributed by atoms with van der Waals surface area (Å²) in [7, 11) is 3.83. The van der Waals surface area contributed by atoms with E-state index in [2.05, 4.69) is 9.97 Å².